The molecule has 0 fully saturated rings. The van der Waals surface area contributed by atoms with E-state index in [1.54, 1.807) is 0 Å². The van der Waals surface area contributed by atoms with Crippen molar-refractivity contribution in [3.8, 4) is 11.8 Å². The van der Waals surface area contributed by atoms with E-state index in [9.17, 15) is 5.26 Å². The molecule has 1 atom stereocenters. The smallest absolute Gasteiger partial charge is 0.122 e. The number of benzene rings is 2. The van der Waals surface area contributed by atoms with E-state index in [2.05, 4.69) is 19.1 Å². The molecule has 1 unspecified atom stereocenters. The fourth-order valence-corrected chi connectivity index (χ4v) is 2.24. The number of nitrogens with zero attached hydrogens (tertiary/aromatic N) is 1. The van der Waals surface area contributed by atoms with Crippen molar-refractivity contribution in [2.45, 2.75) is 26.2 Å². The maximum atomic E-state index is 9.26. The van der Waals surface area contributed by atoms with E-state index in [0.717, 1.165) is 16.9 Å². The average Bonchev–Trinajstić information content (AvgIpc) is 2.46. The Morgan fingerprint density at radius 2 is 1.85 bits per heavy atom. The van der Waals surface area contributed by atoms with Crippen LogP contribution in [0.15, 0.2) is 48.5 Å². The van der Waals surface area contributed by atoms with Gasteiger partial charge in [0.15, 0.2) is 0 Å². The average molecular weight is 265 g/mol. The third kappa shape index (κ3) is 3.61. The molecule has 0 aliphatic carbocycles. The Balaban J connectivity index is 1.93. The van der Waals surface area contributed by atoms with Crippen molar-refractivity contribution in [3.05, 3.63) is 65.2 Å². The van der Waals surface area contributed by atoms with Crippen molar-refractivity contribution < 1.29 is 4.74 Å². The summed E-state index contributed by atoms with van der Waals surface area (Å²) in [4.78, 5) is 0. The molecule has 102 valence electrons. The van der Waals surface area contributed by atoms with Gasteiger partial charge in [-0.3, -0.25) is 0 Å². The summed E-state index contributed by atoms with van der Waals surface area (Å²) >= 11 is 0. The lowest BCUT2D eigenvalue weighted by molar-refractivity contribution is 0.304. The van der Waals surface area contributed by atoms with Crippen molar-refractivity contribution in [1.29, 1.82) is 5.26 Å². The van der Waals surface area contributed by atoms with Gasteiger partial charge in [-0.25, -0.2) is 0 Å². The Morgan fingerprint density at radius 3 is 2.50 bits per heavy atom. The minimum atomic E-state index is -0.109. The van der Waals surface area contributed by atoms with Crippen LogP contribution in [0.3, 0.4) is 0 Å². The monoisotopic (exact) mass is 265 g/mol. The summed E-state index contributed by atoms with van der Waals surface area (Å²) in [6.07, 6.45) is 0.702. The molecule has 0 bridgehead atoms. The van der Waals surface area contributed by atoms with Gasteiger partial charge in [-0.05, 0) is 31.0 Å². The molecular weight excluding hydrogens is 246 g/mol. The molecule has 0 spiro atoms. The zero-order chi connectivity index (χ0) is 14.4. The number of rotatable bonds is 5. The van der Waals surface area contributed by atoms with E-state index in [1.807, 2.05) is 49.4 Å². The van der Waals surface area contributed by atoms with Crippen LogP contribution in [0, 0.1) is 25.2 Å². The molecule has 2 rings (SSSR count). The van der Waals surface area contributed by atoms with E-state index in [0.29, 0.717) is 13.0 Å². The van der Waals surface area contributed by atoms with Crippen molar-refractivity contribution in [2.75, 3.05) is 6.61 Å². The predicted octanol–water partition coefficient (Wildman–Crippen LogP) is 4.38. The van der Waals surface area contributed by atoms with Crippen LogP contribution in [-0.2, 0) is 0 Å². The van der Waals surface area contributed by atoms with Gasteiger partial charge in [0, 0.05) is 6.42 Å². The molecule has 0 aliphatic rings. The maximum Gasteiger partial charge on any atom is 0.122 e. The van der Waals surface area contributed by atoms with Crippen LogP contribution in [0.5, 0.6) is 5.75 Å². The summed E-state index contributed by atoms with van der Waals surface area (Å²) in [5, 5.41) is 9.26. The van der Waals surface area contributed by atoms with E-state index >= 15 is 0 Å². The first-order chi connectivity index (χ1) is 9.70. The molecular formula is C18H19NO. The first-order valence-electron chi connectivity index (χ1n) is 6.85. The molecule has 20 heavy (non-hydrogen) atoms. The van der Waals surface area contributed by atoms with Gasteiger partial charge < -0.3 is 4.74 Å². The summed E-state index contributed by atoms with van der Waals surface area (Å²) in [7, 11) is 0. The number of hydrogen-bond acceptors (Lipinski definition) is 2. The van der Waals surface area contributed by atoms with Crippen molar-refractivity contribution in [2.24, 2.45) is 0 Å². The fraction of sp³-hybridized carbons (Fsp3) is 0.278. The molecule has 0 saturated heterocycles. The summed E-state index contributed by atoms with van der Waals surface area (Å²) in [5.41, 5.74) is 3.42. The summed E-state index contributed by atoms with van der Waals surface area (Å²) in [6, 6.07) is 18.4. The molecule has 2 heteroatoms. The molecule has 2 aromatic carbocycles. The Kier molecular flexibility index (Phi) is 4.79. The molecule has 2 aromatic rings. The molecule has 0 heterocycles. The van der Waals surface area contributed by atoms with E-state index in [-0.39, 0.29) is 5.92 Å². The maximum absolute atomic E-state index is 9.26. The summed E-state index contributed by atoms with van der Waals surface area (Å²) in [5.74, 6) is 0.794. The van der Waals surface area contributed by atoms with Gasteiger partial charge in [-0.15, -0.1) is 0 Å². The fourth-order valence-electron chi connectivity index (χ4n) is 2.24. The van der Waals surface area contributed by atoms with Crippen LogP contribution in [0.4, 0.5) is 0 Å². The minimum Gasteiger partial charge on any atom is -0.493 e. The molecule has 0 saturated carbocycles. The minimum absolute atomic E-state index is 0.109. The van der Waals surface area contributed by atoms with Gasteiger partial charge in [-0.1, -0.05) is 48.0 Å². The Morgan fingerprint density at radius 1 is 1.10 bits per heavy atom. The zero-order valence-electron chi connectivity index (χ0n) is 12.0. The molecule has 0 aromatic heterocycles. The summed E-state index contributed by atoms with van der Waals surface area (Å²) < 4.78 is 5.79. The number of hydrogen-bond donors (Lipinski definition) is 0. The van der Waals surface area contributed by atoms with Crippen molar-refractivity contribution >= 4 is 0 Å². The van der Waals surface area contributed by atoms with Crippen LogP contribution < -0.4 is 4.74 Å². The van der Waals surface area contributed by atoms with Gasteiger partial charge in [-0.2, -0.15) is 5.26 Å². The number of aryl methyl sites for hydroxylation is 2. The van der Waals surface area contributed by atoms with E-state index in [4.69, 9.17) is 4.74 Å². The largest absolute Gasteiger partial charge is 0.493 e. The lowest BCUT2D eigenvalue weighted by Gasteiger charge is -2.12. The second-order valence-corrected chi connectivity index (χ2v) is 5.00. The van der Waals surface area contributed by atoms with E-state index < -0.39 is 0 Å². The zero-order valence-corrected chi connectivity index (χ0v) is 12.0. The Labute approximate surface area is 120 Å². The summed E-state index contributed by atoms with van der Waals surface area (Å²) in [6.45, 7) is 4.66. The quantitative estimate of drug-likeness (QED) is 0.803. The third-order valence-electron chi connectivity index (χ3n) is 3.35. The lowest BCUT2D eigenvalue weighted by Crippen LogP contribution is -2.05. The van der Waals surface area contributed by atoms with Crippen molar-refractivity contribution in [3.63, 3.8) is 0 Å². The standard InChI is InChI=1S/C18H19NO/c1-14-8-9-18(15(2)12-14)20-11-10-17(13-19)16-6-4-3-5-7-16/h3-9,12,17H,10-11H2,1-2H3. The van der Waals surface area contributed by atoms with E-state index in [1.165, 1.54) is 5.56 Å². The van der Waals surface area contributed by atoms with Crippen LogP contribution in [0.2, 0.25) is 0 Å². The highest BCUT2D eigenvalue weighted by Gasteiger charge is 2.10. The van der Waals surface area contributed by atoms with Gasteiger partial charge in [0.1, 0.15) is 5.75 Å². The number of ether oxygens (including phenoxy) is 1. The van der Waals surface area contributed by atoms with Gasteiger partial charge >= 0.3 is 0 Å². The Hall–Kier alpha value is -2.27. The second-order valence-electron chi connectivity index (χ2n) is 5.00. The first kappa shape index (κ1) is 14.1. The predicted molar refractivity (Wildman–Crippen MR) is 80.8 cm³/mol. The lowest BCUT2D eigenvalue weighted by atomic mass is 9.98. The normalized spacial score (nSPS) is 11.7. The topological polar surface area (TPSA) is 33.0 Å². The van der Waals surface area contributed by atoms with Crippen molar-refractivity contribution in [1.82, 2.24) is 0 Å². The van der Waals surface area contributed by atoms with Gasteiger partial charge in [0.05, 0.1) is 18.6 Å². The molecule has 0 radical (unpaired) electrons. The molecule has 0 aliphatic heterocycles. The second kappa shape index (κ2) is 6.77. The highest BCUT2D eigenvalue weighted by molar-refractivity contribution is 5.35. The highest BCUT2D eigenvalue weighted by atomic mass is 16.5. The van der Waals surface area contributed by atoms with Crippen LogP contribution >= 0.6 is 0 Å². The SMILES string of the molecule is Cc1ccc(OCCC(C#N)c2ccccc2)c(C)c1. The van der Waals surface area contributed by atoms with Crippen LogP contribution in [0.25, 0.3) is 0 Å². The molecule has 0 amide bonds. The van der Waals surface area contributed by atoms with Crippen LogP contribution in [-0.4, -0.2) is 6.61 Å². The number of nitriles is 1. The van der Waals surface area contributed by atoms with Crippen LogP contribution in [0.1, 0.15) is 29.0 Å². The first-order valence-corrected chi connectivity index (χ1v) is 6.85. The Bertz CT molecular complexity index is 599. The highest BCUT2D eigenvalue weighted by Crippen LogP contribution is 2.22. The van der Waals surface area contributed by atoms with Gasteiger partial charge in [0.2, 0.25) is 0 Å². The third-order valence-corrected chi connectivity index (χ3v) is 3.35. The molecule has 0 N–H and O–H groups in total. The molecule has 2 nitrogen and oxygen atoms in total. The van der Waals surface area contributed by atoms with Gasteiger partial charge in [0.25, 0.3) is 0 Å².